The van der Waals surface area contributed by atoms with E-state index in [4.69, 9.17) is 16.6 Å². The number of carboxylic acids is 1. The number of hydrogen-bond donors (Lipinski definition) is 0. The van der Waals surface area contributed by atoms with Crippen molar-refractivity contribution in [3.8, 4) is 11.3 Å². The molecule has 1 aliphatic heterocycles. The SMILES string of the molecule is Cc1cccc(N2C(=O)/C(=C\c3ccc(-c4cccc(C(=O)[O-])c4)o3)SC2=S)c1. The Bertz CT molecular complexity index is 1180. The highest BCUT2D eigenvalue weighted by Crippen LogP contribution is 2.36. The van der Waals surface area contributed by atoms with E-state index in [1.54, 1.807) is 30.3 Å². The van der Waals surface area contributed by atoms with Crippen LogP contribution in [0.25, 0.3) is 17.4 Å². The first-order valence-corrected chi connectivity index (χ1v) is 9.91. The maximum atomic E-state index is 12.9. The van der Waals surface area contributed by atoms with Gasteiger partial charge in [0.25, 0.3) is 5.91 Å². The van der Waals surface area contributed by atoms with E-state index in [9.17, 15) is 14.7 Å². The molecule has 1 saturated heterocycles. The number of amides is 1. The molecule has 1 fully saturated rings. The number of aryl methyl sites for hydroxylation is 1. The molecule has 1 aliphatic rings. The summed E-state index contributed by atoms with van der Waals surface area (Å²) < 4.78 is 6.25. The lowest BCUT2D eigenvalue weighted by Crippen LogP contribution is -2.27. The average molecular weight is 420 g/mol. The molecule has 0 saturated carbocycles. The van der Waals surface area contributed by atoms with Crippen LogP contribution in [0.5, 0.6) is 0 Å². The standard InChI is InChI=1S/C22H15NO4S2/c1-13-4-2-7-16(10-13)23-20(24)19(29-22(23)28)12-17-8-9-18(27-17)14-5-3-6-15(11-14)21(25)26/h2-12H,1H3,(H,25,26)/p-1/b19-12+. The Balaban J connectivity index is 1.61. The maximum Gasteiger partial charge on any atom is 0.270 e. The second-order valence-electron chi connectivity index (χ2n) is 6.43. The van der Waals surface area contributed by atoms with Gasteiger partial charge in [0, 0.05) is 11.6 Å². The highest BCUT2D eigenvalue weighted by atomic mass is 32.2. The van der Waals surface area contributed by atoms with Gasteiger partial charge in [-0.05, 0) is 48.4 Å². The zero-order chi connectivity index (χ0) is 20.5. The van der Waals surface area contributed by atoms with Crippen LogP contribution >= 0.6 is 24.0 Å². The summed E-state index contributed by atoms with van der Waals surface area (Å²) in [5.74, 6) is -0.488. The number of carbonyl (C=O) groups excluding carboxylic acids is 2. The summed E-state index contributed by atoms with van der Waals surface area (Å²) >= 11 is 6.60. The Morgan fingerprint density at radius 1 is 1.14 bits per heavy atom. The average Bonchev–Trinajstić information content (AvgIpc) is 3.26. The largest absolute Gasteiger partial charge is 0.545 e. The summed E-state index contributed by atoms with van der Waals surface area (Å²) in [4.78, 5) is 25.9. The molecule has 144 valence electrons. The van der Waals surface area contributed by atoms with Crippen LogP contribution in [-0.4, -0.2) is 16.2 Å². The van der Waals surface area contributed by atoms with E-state index in [1.165, 1.54) is 28.8 Å². The molecule has 0 aliphatic carbocycles. The highest BCUT2D eigenvalue weighted by Gasteiger charge is 2.33. The molecule has 2 aromatic carbocycles. The van der Waals surface area contributed by atoms with Gasteiger partial charge in [0.15, 0.2) is 4.32 Å². The molecule has 1 amide bonds. The van der Waals surface area contributed by atoms with Crippen LogP contribution in [0.2, 0.25) is 0 Å². The zero-order valence-corrected chi connectivity index (χ0v) is 16.9. The summed E-state index contributed by atoms with van der Waals surface area (Å²) in [5, 5.41) is 11.0. The number of hydrogen-bond acceptors (Lipinski definition) is 6. The minimum atomic E-state index is -1.25. The molecule has 0 atom stereocenters. The van der Waals surface area contributed by atoms with Crippen LogP contribution in [0.15, 0.2) is 70.0 Å². The maximum absolute atomic E-state index is 12.9. The Hall–Kier alpha value is -3.16. The van der Waals surface area contributed by atoms with Crippen LogP contribution in [0, 0.1) is 6.92 Å². The number of rotatable bonds is 4. The quantitative estimate of drug-likeness (QED) is 0.469. The smallest absolute Gasteiger partial charge is 0.270 e. The fourth-order valence-corrected chi connectivity index (χ4v) is 4.25. The van der Waals surface area contributed by atoms with E-state index < -0.39 is 5.97 Å². The predicted molar refractivity (Wildman–Crippen MR) is 115 cm³/mol. The van der Waals surface area contributed by atoms with Crippen molar-refractivity contribution in [1.29, 1.82) is 0 Å². The Kier molecular flexibility index (Phi) is 5.08. The van der Waals surface area contributed by atoms with Gasteiger partial charge in [-0.2, -0.15) is 0 Å². The number of aromatic carboxylic acids is 1. The third-order valence-electron chi connectivity index (χ3n) is 4.34. The molecule has 5 nitrogen and oxygen atoms in total. The third-order valence-corrected chi connectivity index (χ3v) is 5.64. The second kappa shape index (κ2) is 7.69. The first-order valence-electron chi connectivity index (χ1n) is 8.68. The van der Waals surface area contributed by atoms with Crippen molar-refractivity contribution in [3.63, 3.8) is 0 Å². The minimum Gasteiger partial charge on any atom is -0.545 e. The zero-order valence-electron chi connectivity index (χ0n) is 15.2. The fourth-order valence-electron chi connectivity index (χ4n) is 2.97. The lowest BCUT2D eigenvalue weighted by atomic mass is 10.1. The number of carbonyl (C=O) groups is 2. The summed E-state index contributed by atoms with van der Waals surface area (Å²) in [6.07, 6.45) is 1.64. The number of benzene rings is 2. The van der Waals surface area contributed by atoms with Gasteiger partial charge >= 0.3 is 0 Å². The molecule has 2 heterocycles. The Morgan fingerprint density at radius 3 is 2.69 bits per heavy atom. The Labute approximate surface area is 176 Å². The van der Waals surface area contributed by atoms with Crippen molar-refractivity contribution in [3.05, 3.63) is 82.5 Å². The first-order chi connectivity index (χ1) is 13.9. The fraction of sp³-hybridized carbons (Fsp3) is 0.0455. The van der Waals surface area contributed by atoms with Gasteiger partial charge in [-0.3, -0.25) is 9.69 Å². The van der Waals surface area contributed by atoms with E-state index >= 15 is 0 Å². The lowest BCUT2D eigenvalue weighted by molar-refractivity contribution is -0.255. The van der Waals surface area contributed by atoms with Crippen LogP contribution in [0.4, 0.5) is 5.69 Å². The molecule has 0 unspecified atom stereocenters. The molecule has 0 spiro atoms. The second-order valence-corrected chi connectivity index (χ2v) is 8.10. The summed E-state index contributed by atoms with van der Waals surface area (Å²) in [6.45, 7) is 1.96. The molecule has 29 heavy (non-hydrogen) atoms. The Morgan fingerprint density at radius 2 is 1.93 bits per heavy atom. The molecule has 7 heteroatoms. The van der Waals surface area contributed by atoms with E-state index in [1.807, 2.05) is 31.2 Å². The van der Waals surface area contributed by atoms with Crippen LogP contribution in [0.1, 0.15) is 21.7 Å². The molecule has 4 rings (SSSR count). The normalized spacial score (nSPS) is 15.3. The molecule has 0 bridgehead atoms. The molecular weight excluding hydrogens is 406 g/mol. The minimum absolute atomic E-state index is 0.0690. The number of nitrogens with zero attached hydrogens (tertiary/aromatic N) is 1. The van der Waals surface area contributed by atoms with E-state index in [0.717, 1.165) is 11.3 Å². The number of furan rings is 1. The van der Waals surface area contributed by atoms with Gasteiger partial charge in [-0.25, -0.2) is 0 Å². The molecule has 1 aromatic heterocycles. The number of anilines is 1. The molecule has 0 N–H and O–H groups in total. The summed E-state index contributed by atoms with van der Waals surface area (Å²) in [7, 11) is 0. The van der Waals surface area contributed by atoms with Gasteiger partial charge in [0.05, 0.1) is 16.6 Å². The molecular formula is C22H14NO4S2-. The van der Waals surface area contributed by atoms with Crippen molar-refractivity contribution in [1.82, 2.24) is 0 Å². The van der Waals surface area contributed by atoms with Gasteiger partial charge in [-0.15, -0.1) is 0 Å². The molecule has 3 aromatic rings. The third kappa shape index (κ3) is 3.87. The molecule has 0 radical (unpaired) electrons. The van der Waals surface area contributed by atoms with Crippen molar-refractivity contribution >= 4 is 51.9 Å². The lowest BCUT2D eigenvalue weighted by Gasteiger charge is -2.14. The van der Waals surface area contributed by atoms with Gasteiger partial charge in [0.2, 0.25) is 0 Å². The van der Waals surface area contributed by atoms with Crippen LogP contribution < -0.4 is 10.0 Å². The van der Waals surface area contributed by atoms with Crippen molar-refractivity contribution in [2.75, 3.05) is 4.90 Å². The number of thioether (sulfide) groups is 1. The van der Waals surface area contributed by atoms with Crippen molar-refractivity contribution < 1.29 is 19.1 Å². The van der Waals surface area contributed by atoms with Crippen molar-refractivity contribution in [2.24, 2.45) is 0 Å². The van der Waals surface area contributed by atoms with E-state index in [0.29, 0.717) is 26.3 Å². The topological polar surface area (TPSA) is 73.6 Å². The van der Waals surface area contributed by atoms with Gasteiger partial charge < -0.3 is 14.3 Å². The van der Waals surface area contributed by atoms with Crippen LogP contribution in [0.3, 0.4) is 0 Å². The van der Waals surface area contributed by atoms with Gasteiger partial charge in [0.1, 0.15) is 11.5 Å². The number of thiocarbonyl (C=S) groups is 1. The number of carboxylic acid groups (broad SMARTS) is 1. The van der Waals surface area contributed by atoms with Gasteiger partial charge in [-0.1, -0.05) is 54.3 Å². The van der Waals surface area contributed by atoms with E-state index in [2.05, 4.69) is 0 Å². The predicted octanol–water partition coefficient (Wildman–Crippen LogP) is 4.02. The van der Waals surface area contributed by atoms with Crippen molar-refractivity contribution in [2.45, 2.75) is 6.92 Å². The highest BCUT2D eigenvalue weighted by molar-refractivity contribution is 8.27. The summed E-state index contributed by atoms with van der Waals surface area (Å²) in [6, 6.07) is 17.3. The van der Waals surface area contributed by atoms with E-state index in [-0.39, 0.29) is 11.5 Å². The monoisotopic (exact) mass is 420 g/mol. The van der Waals surface area contributed by atoms with Crippen LogP contribution in [-0.2, 0) is 4.79 Å². The summed E-state index contributed by atoms with van der Waals surface area (Å²) in [5.41, 5.74) is 2.45. The first kappa shape index (κ1) is 19.2.